The van der Waals surface area contributed by atoms with E-state index in [4.69, 9.17) is 118 Å². The minimum atomic E-state index is -4.99. The molecule has 0 amide bonds. The van der Waals surface area contributed by atoms with Crippen LogP contribution >= 0.6 is 0 Å². The number of aliphatic hydroxyl groups is 1. The molecule has 5 fully saturated rings. The summed E-state index contributed by atoms with van der Waals surface area (Å²) in [4.78, 5) is 90.6. The number of rotatable bonds is 48. The summed E-state index contributed by atoms with van der Waals surface area (Å²) < 4.78 is 202. The van der Waals surface area contributed by atoms with Gasteiger partial charge in [-0.05, 0) is 91.8 Å². The van der Waals surface area contributed by atoms with Gasteiger partial charge in [0.05, 0.1) is 84.7 Å². The van der Waals surface area contributed by atoms with Crippen LogP contribution in [0.15, 0.2) is 174 Å². The number of esters is 5. The maximum absolute atomic E-state index is 16.6. The lowest BCUT2D eigenvalue weighted by atomic mass is 9.87. The first-order chi connectivity index (χ1) is 67.8. The van der Waals surface area contributed by atoms with Gasteiger partial charge in [0.2, 0.25) is 10.0 Å². The first-order valence-corrected chi connectivity index (χ1v) is 58.0. The zero-order valence-electron chi connectivity index (χ0n) is 86.8. The quantitative estimate of drug-likeness (QED) is 0.0120. The van der Waals surface area contributed by atoms with Crippen LogP contribution in [0.2, 0.25) is 51.4 Å². The second kappa shape index (κ2) is 51.5. The fourth-order valence-electron chi connectivity index (χ4n) is 20.2. The van der Waals surface area contributed by atoms with Crippen molar-refractivity contribution in [1.82, 2.24) is 4.72 Å². The molecule has 792 valence electrons. The van der Waals surface area contributed by atoms with E-state index in [0.717, 1.165) is 45.9 Å². The average Bonchev–Trinajstić information content (AvgIpc) is 1.58. The number of nitrogens with zero attached hydrogens (tertiary/aromatic N) is 1. The molecule has 6 aliphatic heterocycles. The summed E-state index contributed by atoms with van der Waals surface area (Å²) in [6.45, 7) is 38.3. The Hall–Kier alpha value is -8.35. The standard InChI is InChI=1S/C104H150N2O33SSi3/c1-62(2)142(63(3)4,64(5)6)124-60-80-87(111)92(134-100-97(139-141(23,24)103(18,19)20)94-90(135-102(113)136-94)84(131-100)61-125-143(65(7)8,66(9)10)67(11)12)86(106-140(114,115)77-48-38-29-39-49-77)98(129-80)133-91-82(58-119-54-74-42-32-26-33-43-74)130-99(132-88-78(122-55-75-44-34-27-35-45-75)50-51-120-81(88)57-118-53-73-40-30-25-31-41-73)96(123-56-76-46-36-28-37-47-76)95(91)138-104(101(112)117-22)52-79(126-70(15)108)85(105-68(13)116-21)93(137-104)89(128-72(17)110)83(127-71(16)109)59-121-69(14)107/h25-51,62-67,78-100,106,111H,52-61H2,1-24H3/t78-,79+,80-,81-,82-,83-,84-,85-,86-,87+,88+,89+,90+,91+,92-,93-,94+,95+,96-,97-,98+,99+,100+,104+/m1/s1. The van der Waals surface area contributed by atoms with Crippen LogP contribution < -0.4 is 4.72 Å². The predicted molar refractivity (Wildman–Crippen MR) is 531 cm³/mol. The minimum Gasteiger partial charge on any atom is -0.493 e. The van der Waals surface area contributed by atoms with Crippen LogP contribution in [-0.2, 0) is 173 Å². The fraction of sp³-hybridized carbons (Fsp3) is 0.625. The van der Waals surface area contributed by atoms with Gasteiger partial charge in [-0.25, -0.2) is 27.7 Å². The van der Waals surface area contributed by atoms with E-state index in [1.54, 1.807) is 42.5 Å². The Morgan fingerprint density at radius 1 is 0.524 bits per heavy atom. The summed E-state index contributed by atoms with van der Waals surface area (Å²) in [5.41, 5.74) is 2.63. The van der Waals surface area contributed by atoms with Gasteiger partial charge in [0.25, 0.3) is 5.79 Å². The number of hydrogen-bond acceptors (Lipinski definition) is 34. The Morgan fingerprint density at radius 3 is 1.49 bits per heavy atom. The highest BCUT2D eigenvalue weighted by Crippen LogP contribution is 2.50. The van der Waals surface area contributed by atoms with Crippen LogP contribution in [0.5, 0.6) is 0 Å². The number of ether oxygens (including phenoxy) is 21. The van der Waals surface area contributed by atoms with E-state index < -0.39 is 249 Å². The van der Waals surface area contributed by atoms with Crippen molar-refractivity contribution in [2.24, 2.45) is 4.99 Å². The lowest BCUT2D eigenvalue weighted by Crippen LogP contribution is -2.72. The van der Waals surface area contributed by atoms with Crippen molar-refractivity contribution in [2.75, 3.05) is 47.3 Å². The Morgan fingerprint density at radius 2 is 0.993 bits per heavy atom. The van der Waals surface area contributed by atoms with Crippen molar-refractivity contribution in [3.63, 3.8) is 0 Å². The van der Waals surface area contributed by atoms with Crippen LogP contribution in [0.4, 0.5) is 4.79 Å². The number of aliphatic hydroxyl groups excluding tert-OH is 1. The monoisotopic (exact) mass is 2070 g/mol. The number of sulfonamides is 1. The minimum absolute atomic E-state index is 0.0141. The van der Waals surface area contributed by atoms with Crippen molar-refractivity contribution >= 4 is 76.9 Å². The SMILES string of the molecule is COC(=O)[C@@]1(O[C@H]2[C@@H](O[C@@H]3O[C@H](CO[Si](C(C)C)(C(C)C)C(C)C)[C@H](O)[C@H](O[C@@H]4O[C@H](CO[Si](C(C)C)(C(C)C)C(C)C)[C@@H]5OC(=O)O[C@@H]5[C@H]4O[Si](C)(C)C(C)(C)C)[C@H]3NS(=O)(=O)c3ccccc3)[C@@H](COCc3ccccc3)O[C@@H](O[C@H]3[C@H](OCc4ccccc4)C=CO[C@@H]3COCc3ccccc3)[C@@H]2OCc2ccccc2)C[C@H](OC(C)=O)[C@@H](N=C(C)OC)[C@H]([C@@H](OC(C)=O)[C@@H](COC(C)=O)OC(C)=O)O1. The molecule has 0 aromatic heterocycles. The number of nitrogens with one attached hydrogen (secondary N) is 1. The smallest absolute Gasteiger partial charge is 0.493 e. The molecule has 39 heteroatoms. The van der Waals surface area contributed by atoms with Crippen molar-refractivity contribution in [3.05, 3.63) is 186 Å². The molecule has 5 aromatic rings. The highest BCUT2D eigenvalue weighted by Gasteiger charge is 2.66. The molecule has 0 unspecified atom stereocenters. The summed E-state index contributed by atoms with van der Waals surface area (Å²) in [5.74, 6) is -8.58. The number of hydrogen-bond donors (Lipinski definition) is 2. The first-order valence-electron chi connectivity index (χ1n) is 49.3. The molecule has 5 aromatic carbocycles. The van der Waals surface area contributed by atoms with Crippen LogP contribution in [0, 0.1) is 0 Å². The predicted octanol–water partition coefficient (Wildman–Crippen LogP) is 15.1. The van der Waals surface area contributed by atoms with E-state index in [0.29, 0.717) is 11.1 Å². The molecule has 35 nitrogen and oxygen atoms in total. The van der Waals surface area contributed by atoms with Gasteiger partial charge in [-0.3, -0.25) is 19.2 Å². The molecule has 0 spiro atoms. The molecule has 0 aliphatic carbocycles. The highest BCUT2D eigenvalue weighted by atomic mass is 32.2. The number of benzene rings is 5. The largest absolute Gasteiger partial charge is 0.509 e. The lowest BCUT2D eigenvalue weighted by Gasteiger charge is -2.54. The Bertz CT molecular complexity index is 5000. The van der Waals surface area contributed by atoms with Crippen molar-refractivity contribution in [2.45, 2.75) is 374 Å². The van der Waals surface area contributed by atoms with Crippen LogP contribution in [0.3, 0.4) is 0 Å². The molecule has 143 heavy (non-hydrogen) atoms. The van der Waals surface area contributed by atoms with Crippen molar-refractivity contribution in [3.8, 4) is 0 Å². The number of methoxy groups -OCH3 is 2. The molecule has 5 saturated heterocycles. The third-order valence-electron chi connectivity index (χ3n) is 27.8. The maximum atomic E-state index is 16.6. The number of aliphatic imine (C=N–C) groups is 1. The molecular formula is C104H150N2O33SSi3. The number of carbonyl (C=O) groups excluding carboxylic acids is 6. The van der Waals surface area contributed by atoms with E-state index in [-0.39, 0.29) is 83.7 Å². The Kier molecular flexibility index (Phi) is 41.4. The second-order valence-electron chi connectivity index (χ2n) is 40.6. The fourth-order valence-corrected chi connectivity index (χ4v) is 33.6. The molecule has 0 bridgehead atoms. The van der Waals surface area contributed by atoms with Gasteiger partial charge in [-0.2, -0.15) is 0 Å². The van der Waals surface area contributed by atoms with E-state index in [2.05, 4.69) is 87.8 Å². The van der Waals surface area contributed by atoms with Crippen molar-refractivity contribution in [1.29, 1.82) is 0 Å². The third kappa shape index (κ3) is 29.0. The van der Waals surface area contributed by atoms with E-state index in [1.807, 2.05) is 125 Å². The topological polar surface area (TPSA) is 403 Å². The molecule has 0 radical (unpaired) electrons. The third-order valence-corrected chi connectivity index (χ3v) is 45.9. The molecule has 11 rings (SSSR count). The molecule has 2 N–H and O–H groups in total. The molecule has 24 atom stereocenters. The number of carbonyl (C=O) groups is 6. The maximum Gasteiger partial charge on any atom is 0.509 e. The normalized spacial score (nSPS) is 28.2. The van der Waals surface area contributed by atoms with Crippen molar-refractivity contribution < 1.29 is 155 Å². The first kappa shape index (κ1) is 115. The molecule has 0 saturated carbocycles. The molecule has 6 aliphatic rings. The van der Waals surface area contributed by atoms with Gasteiger partial charge in [0, 0.05) is 34.6 Å². The summed E-state index contributed by atoms with van der Waals surface area (Å²) in [7, 11) is -11.8. The average molecular weight is 2070 g/mol. The zero-order valence-corrected chi connectivity index (χ0v) is 90.6. The van der Waals surface area contributed by atoms with E-state index >= 15 is 13.2 Å². The molecular weight excluding hydrogens is 1920 g/mol. The number of fused-ring (bicyclic) bond motifs is 1. The van der Waals surface area contributed by atoms with Gasteiger partial charge in [-0.1, -0.05) is 243 Å². The van der Waals surface area contributed by atoms with Gasteiger partial charge in [0.1, 0.15) is 98.0 Å². The van der Waals surface area contributed by atoms with E-state index in [9.17, 15) is 29.1 Å². The van der Waals surface area contributed by atoms with Crippen LogP contribution in [0.1, 0.15) is 167 Å². The summed E-state index contributed by atoms with van der Waals surface area (Å²) in [6.07, 6.45) is -34.5. The molecule has 6 heterocycles. The summed E-state index contributed by atoms with van der Waals surface area (Å²) in [5, 5.41) is 13.7. The van der Waals surface area contributed by atoms with Gasteiger partial charge >= 0.3 is 36.0 Å². The summed E-state index contributed by atoms with van der Waals surface area (Å²) >= 11 is 0. The van der Waals surface area contributed by atoms with Gasteiger partial charge < -0.3 is 118 Å². The second-order valence-corrected chi connectivity index (χ2v) is 57.9. The lowest BCUT2D eigenvalue weighted by molar-refractivity contribution is -0.401. The van der Waals surface area contributed by atoms with E-state index in [1.165, 1.54) is 44.6 Å². The Balaban J connectivity index is 1.23. The van der Waals surface area contributed by atoms with Crippen LogP contribution in [0.25, 0.3) is 0 Å². The van der Waals surface area contributed by atoms with Crippen LogP contribution in [-0.4, -0.2) is 274 Å². The zero-order chi connectivity index (χ0) is 104. The highest BCUT2D eigenvalue weighted by molar-refractivity contribution is 7.89. The Labute approximate surface area is 844 Å². The summed E-state index contributed by atoms with van der Waals surface area (Å²) in [6, 6.07) is 40.5. The van der Waals surface area contributed by atoms with Gasteiger partial charge in [-0.15, -0.1) is 0 Å². The van der Waals surface area contributed by atoms with Gasteiger partial charge in [0.15, 0.2) is 80.2 Å².